The van der Waals surface area contributed by atoms with Crippen molar-refractivity contribution in [1.82, 2.24) is 9.97 Å². The van der Waals surface area contributed by atoms with Gasteiger partial charge in [-0.25, -0.2) is 9.55 Å². The molecule has 1 aromatic rings. The molecule has 19 heavy (non-hydrogen) atoms. The summed E-state index contributed by atoms with van der Waals surface area (Å²) < 4.78 is 27.7. The van der Waals surface area contributed by atoms with Gasteiger partial charge in [-0.1, -0.05) is 13.8 Å². The molecule has 1 rings (SSSR count). The molecule has 1 aromatic heterocycles. The van der Waals surface area contributed by atoms with E-state index in [-0.39, 0.29) is 25.0 Å². The number of aromatic nitrogens is 2. The second-order valence-corrected chi connectivity index (χ2v) is 5.83. The fourth-order valence-corrected chi connectivity index (χ4v) is 2.52. The van der Waals surface area contributed by atoms with E-state index in [9.17, 15) is 4.57 Å². The normalized spacial score (nSPS) is 11.9. The lowest BCUT2D eigenvalue weighted by Gasteiger charge is -2.17. The van der Waals surface area contributed by atoms with Gasteiger partial charge in [0, 0.05) is 17.7 Å². The van der Waals surface area contributed by atoms with Crippen LogP contribution in [0.3, 0.4) is 0 Å². The van der Waals surface area contributed by atoms with E-state index in [4.69, 9.17) is 13.6 Å². The van der Waals surface area contributed by atoms with Crippen LogP contribution in [-0.4, -0.2) is 23.2 Å². The van der Waals surface area contributed by atoms with Crippen LogP contribution in [0.4, 0.5) is 0 Å². The largest absolute Gasteiger partial charge is 0.531 e. The monoisotopic (exact) mass is 288 g/mol. The van der Waals surface area contributed by atoms with Crippen molar-refractivity contribution in [3.63, 3.8) is 0 Å². The number of rotatable bonds is 7. The van der Waals surface area contributed by atoms with Crippen LogP contribution in [0.15, 0.2) is 6.07 Å². The minimum atomic E-state index is -3.60. The van der Waals surface area contributed by atoms with Crippen molar-refractivity contribution in [1.29, 1.82) is 0 Å². The SMILES string of the molecule is CCOP(=O)(OCC)Oc1cc(C)nc(C(C)C)n1. The molecule has 0 spiro atoms. The maximum atomic E-state index is 12.2. The van der Waals surface area contributed by atoms with E-state index < -0.39 is 7.82 Å². The Morgan fingerprint density at radius 1 is 1.21 bits per heavy atom. The van der Waals surface area contributed by atoms with Crippen molar-refractivity contribution in [2.24, 2.45) is 0 Å². The highest BCUT2D eigenvalue weighted by Crippen LogP contribution is 2.48. The molecule has 108 valence electrons. The molecule has 7 heteroatoms. The molecule has 6 nitrogen and oxygen atoms in total. The third-order valence-electron chi connectivity index (χ3n) is 2.14. The summed E-state index contributed by atoms with van der Waals surface area (Å²) >= 11 is 0. The third-order valence-corrected chi connectivity index (χ3v) is 3.70. The molecule has 0 aliphatic heterocycles. The molecule has 0 atom stereocenters. The molecule has 0 fully saturated rings. The Morgan fingerprint density at radius 2 is 1.79 bits per heavy atom. The van der Waals surface area contributed by atoms with Gasteiger partial charge in [-0.2, -0.15) is 4.98 Å². The molecule has 1 heterocycles. The average Bonchev–Trinajstić information content (AvgIpc) is 2.28. The van der Waals surface area contributed by atoms with E-state index >= 15 is 0 Å². The van der Waals surface area contributed by atoms with Crippen LogP contribution in [0.5, 0.6) is 5.88 Å². The van der Waals surface area contributed by atoms with Gasteiger partial charge in [0.05, 0.1) is 13.2 Å². The maximum Gasteiger partial charge on any atom is 0.531 e. The summed E-state index contributed by atoms with van der Waals surface area (Å²) in [5.74, 6) is 0.997. The van der Waals surface area contributed by atoms with Gasteiger partial charge in [0.2, 0.25) is 5.88 Å². The van der Waals surface area contributed by atoms with Crippen molar-refractivity contribution in [3.8, 4) is 5.88 Å². The molecule has 0 aliphatic carbocycles. The first-order valence-corrected chi connectivity index (χ1v) is 7.80. The first-order valence-electron chi connectivity index (χ1n) is 6.34. The van der Waals surface area contributed by atoms with Gasteiger partial charge in [-0.05, 0) is 20.8 Å². The molecular weight excluding hydrogens is 267 g/mol. The highest BCUT2D eigenvalue weighted by molar-refractivity contribution is 7.48. The van der Waals surface area contributed by atoms with Crippen LogP contribution in [-0.2, 0) is 13.6 Å². The smallest absolute Gasteiger partial charge is 0.385 e. The third kappa shape index (κ3) is 4.90. The quantitative estimate of drug-likeness (QED) is 0.715. The fraction of sp³-hybridized carbons (Fsp3) is 0.667. The predicted molar refractivity (Wildman–Crippen MR) is 72.3 cm³/mol. The van der Waals surface area contributed by atoms with Crippen LogP contribution >= 0.6 is 7.82 Å². The number of aryl methyl sites for hydroxylation is 1. The average molecular weight is 288 g/mol. The van der Waals surface area contributed by atoms with Gasteiger partial charge in [0.1, 0.15) is 5.82 Å². The van der Waals surface area contributed by atoms with Crippen molar-refractivity contribution < 1.29 is 18.1 Å². The van der Waals surface area contributed by atoms with E-state index in [1.54, 1.807) is 19.9 Å². The van der Waals surface area contributed by atoms with Gasteiger partial charge in [-0.3, -0.25) is 9.05 Å². The molecule has 0 aromatic carbocycles. The number of phosphoric acid groups is 1. The second-order valence-electron chi connectivity index (χ2n) is 4.23. The van der Waals surface area contributed by atoms with Gasteiger partial charge in [0.15, 0.2) is 0 Å². The Balaban J connectivity index is 2.99. The standard InChI is InChI=1S/C12H21N2O4P/c1-6-16-19(15,17-7-2)18-11-8-10(5)13-12(14-11)9(3)4/h8-9H,6-7H2,1-5H3. The zero-order valence-electron chi connectivity index (χ0n) is 12.0. The van der Waals surface area contributed by atoms with Gasteiger partial charge < -0.3 is 4.52 Å². The lowest BCUT2D eigenvalue weighted by atomic mass is 10.2. The molecule has 0 aliphatic rings. The Kier molecular flexibility index (Phi) is 5.91. The first kappa shape index (κ1) is 16.1. The van der Waals surface area contributed by atoms with Crippen LogP contribution in [0, 0.1) is 6.92 Å². The Labute approximate surface area is 114 Å². The number of nitrogens with zero attached hydrogens (tertiary/aromatic N) is 2. The number of hydrogen-bond acceptors (Lipinski definition) is 6. The van der Waals surface area contributed by atoms with E-state index in [0.717, 1.165) is 5.69 Å². The van der Waals surface area contributed by atoms with E-state index in [1.807, 2.05) is 20.8 Å². The summed E-state index contributed by atoms with van der Waals surface area (Å²) in [7, 11) is -3.60. The maximum absolute atomic E-state index is 12.2. The molecular formula is C12H21N2O4P. The van der Waals surface area contributed by atoms with Gasteiger partial charge in [-0.15, -0.1) is 0 Å². The van der Waals surface area contributed by atoms with Crippen molar-refractivity contribution in [2.75, 3.05) is 13.2 Å². The number of hydrogen-bond donors (Lipinski definition) is 0. The summed E-state index contributed by atoms with van der Waals surface area (Å²) in [6.07, 6.45) is 0. The van der Waals surface area contributed by atoms with Gasteiger partial charge in [0.25, 0.3) is 0 Å². The van der Waals surface area contributed by atoms with Crippen LogP contribution in [0.2, 0.25) is 0 Å². The highest BCUT2D eigenvalue weighted by atomic mass is 31.2. The topological polar surface area (TPSA) is 70.5 Å². The predicted octanol–water partition coefficient (Wildman–Crippen LogP) is 3.47. The molecule has 0 amide bonds. The van der Waals surface area contributed by atoms with Crippen molar-refractivity contribution >= 4 is 7.82 Å². The highest BCUT2D eigenvalue weighted by Gasteiger charge is 2.28. The Bertz CT molecular complexity index is 455. The van der Waals surface area contributed by atoms with Gasteiger partial charge >= 0.3 is 7.82 Å². The van der Waals surface area contributed by atoms with Crippen LogP contribution in [0.1, 0.15) is 45.1 Å². The Morgan fingerprint density at radius 3 is 2.26 bits per heavy atom. The molecule has 0 bridgehead atoms. The van der Waals surface area contributed by atoms with Crippen molar-refractivity contribution in [2.45, 2.75) is 40.5 Å². The van der Waals surface area contributed by atoms with E-state index in [1.165, 1.54) is 0 Å². The summed E-state index contributed by atoms with van der Waals surface area (Å²) in [5.41, 5.74) is 0.744. The molecule has 0 saturated carbocycles. The first-order chi connectivity index (χ1) is 8.90. The zero-order chi connectivity index (χ0) is 14.5. The summed E-state index contributed by atoms with van der Waals surface area (Å²) in [6.45, 7) is 9.69. The molecule has 0 radical (unpaired) electrons. The molecule has 0 saturated heterocycles. The summed E-state index contributed by atoms with van der Waals surface area (Å²) in [6, 6.07) is 1.61. The molecule has 0 N–H and O–H groups in total. The van der Waals surface area contributed by atoms with E-state index in [2.05, 4.69) is 9.97 Å². The lowest BCUT2D eigenvalue weighted by molar-refractivity contribution is 0.165. The molecule has 0 unspecified atom stereocenters. The minimum Gasteiger partial charge on any atom is -0.385 e. The van der Waals surface area contributed by atoms with Crippen LogP contribution in [0.25, 0.3) is 0 Å². The fourth-order valence-electron chi connectivity index (χ4n) is 1.39. The summed E-state index contributed by atoms with van der Waals surface area (Å²) in [4.78, 5) is 8.51. The van der Waals surface area contributed by atoms with E-state index in [0.29, 0.717) is 5.82 Å². The minimum absolute atomic E-state index is 0.154. The number of phosphoric ester groups is 1. The second kappa shape index (κ2) is 6.98. The Hall–Kier alpha value is -0.970. The summed E-state index contributed by atoms with van der Waals surface area (Å²) in [5, 5.41) is 0. The lowest BCUT2D eigenvalue weighted by Crippen LogP contribution is -2.06. The van der Waals surface area contributed by atoms with Crippen molar-refractivity contribution in [3.05, 3.63) is 17.6 Å². The zero-order valence-corrected chi connectivity index (χ0v) is 12.9. The van der Waals surface area contributed by atoms with Crippen LogP contribution < -0.4 is 4.52 Å².